The van der Waals surface area contributed by atoms with E-state index in [4.69, 9.17) is 27.9 Å². The summed E-state index contributed by atoms with van der Waals surface area (Å²) in [7, 11) is 0. The molecule has 2 rings (SSSR count). The van der Waals surface area contributed by atoms with E-state index in [-0.39, 0.29) is 12.0 Å². The van der Waals surface area contributed by atoms with E-state index in [0.717, 1.165) is 11.1 Å². The Kier molecular flexibility index (Phi) is 6.26. The zero-order chi connectivity index (χ0) is 16.1. The molecule has 1 N–H and O–H groups in total. The number of hydrogen-bond acceptors (Lipinski definition) is 3. The molecular formula is C16H17Cl2NO2S. The Balaban J connectivity index is 1.95. The maximum absolute atomic E-state index is 12.1. The smallest absolute Gasteiger partial charge is 0.253 e. The molecule has 0 aliphatic heterocycles. The summed E-state index contributed by atoms with van der Waals surface area (Å²) in [5.74, 6) is -0.225. The van der Waals surface area contributed by atoms with E-state index < -0.39 is 0 Å². The van der Waals surface area contributed by atoms with Gasteiger partial charge in [0.2, 0.25) is 0 Å². The zero-order valence-corrected chi connectivity index (χ0v) is 14.7. The van der Waals surface area contributed by atoms with Crippen LogP contribution in [0.2, 0.25) is 8.67 Å². The Morgan fingerprint density at radius 2 is 2.00 bits per heavy atom. The van der Waals surface area contributed by atoms with Crippen LogP contribution in [0.25, 0.3) is 0 Å². The lowest BCUT2D eigenvalue weighted by Crippen LogP contribution is -2.22. The molecule has 0 saturated heterocycles. The van der Waals surface area contributed by atoms with E-state index in [1.54, 1.807) is 6.07 Å². The first-order valence-electron chi connectivity index (χ1n) is 6.88. The summed E-state index contributed by atoms with van der Waals surface area (Å²) in [4.78, 5) is 12.1. The fraction of sp³-hybridized carbons (Fsp3) is 0.312. The van der Waals surface area contributed by atoms with Crippen molar-refractivity contribution in [3.05, 3.63) is 55.7 Å². The molecule has 0 saturated carbocycles. The molecule has 0 unspecified atom stereocenters. The molecular weight excluding hydrogens is 341 g/mol. The third kappa shape index (κ3) is 4.99. The van der Waals surface area contributed by atoms with Crippen molar-refractivity contribution in [3.63, 3.8) is 0 Å². The number of thiophene rings is 1. The molecule has 1 aromatic carbocycles. The summed E-state index contributed by atoms with van der Waals surface area (Å²) in [6.45, 7) is 4.99. The molecule has 1 amide bonds. The monoisotopic (exact) mass is 357 g/mol. The van der Waals surface area contributed by atoms with Gasteiger partial charge in [-0.15, -0.1) is 11.3 Å². The van der Waals surface area contributed by atoms with Gasteiger partial charge in [-0.25, -0.2) is 0 Å². The van der Waals surface area contributed by atoms with Crippen molar-refractivity contribution in [2.75, 3.05) is 0 Å². The standard InChI is InChI=1S/C16H17Cl2NO2S/c1-10(2)21-9-12-5-3-4-11(6-12)8-19-16(20)13-7-14(17)22-15(13)18/h3-7,10H,8-9H2,1-2H3,(H,19,20). The second-order valence-electron chi connectivity index (χ2n) is 5.10. The van der Waals surface area contributed by atoms with E-state index in [1.807, 2.05) is 38.1 Å². The zero-order valence-electron chi connectivity index (χ0n) is 12.4. The highest BCUT2D eigenvalue weighted by Crippen LogP contribution is 2.31. The number of halogens is 2. The van der Waals surface area contributed by atoms with Crippen molar-refractivity contribution in [1.29, 1.82) is 0 Å². The molecule has 22 heavy (non-hydrogen) atoms. The minimum Gasteiger partial charge on any atom is -0.374 e. The van der Waals surface area contributed by atoms with Crippen LogP contribution in [0.1, 0.15) is 35.3 Å². The highest BCUT2D eigenvalue weighted by atomic mass is 35.5. The molecule has 2 aromatic rings. The summed E-state index contributed by atoms with van der Waals surface area (Å²) < 4.78 is 6.49. The number of nitrogens with one attached hydrogen (secondary N) is 1. The van der Waals surface area contributed by atoms with Crippen LogP contribution < -0.4 is 5.32 Å². The van der Waals surface area contributed by atoms with E-state index in [2.05, 4.69) is 5.32 Å². The normalized spacial score (nSPS) is 11.0. The molecule has 0 atom stereocenters. The second kappa shape index (κ2) is 7.97. The summed E-state index contributed by atoms with van der Waals surface area (Å²) in [6.07, 6.45) is 0.189. The third-order valence-corrected chi connectivity index (χ3v) is 4.42. The Bertz CT molecular complexity index is 655. The lowest BCUT2D eigenvalue weighted by atomic mass is 10.1. The number of carbonyl (C=O) groups is 1. The van der Waals surface area contributed by atoms with Crippen LogP contribution in [0.15, 0.2) is 30.3 Å². The largest absolute Gasteiger partial charge is 0.374 e. The molecule has 1 aromatic heterocycles. The quantitative estimate of drug-likeness (QED) is 0.797. The molecule has 0 fully saturated rings. The predicted molar refractivity (Wildman–Crippen MR) is 91.9 cm³/mol. The number of amides is 1. The molecule has 0 spiro atoms. The van der Waals surface area contributed by atoms with Gasteiger partial charge in [-0.1, -0.05) is 47.5 Å². The fourth-order valence-electron chi connectivity index (χ4n) is 1.86. The summed E-state index contributed by atoms with van der Waals surface area (Å²) >= 11 is 13.0. The van der Waals surface area contributed by atoms with E-state index in [9.17, 15) is 4.79 Å². The van der Waals surface area contributed by atoms with Gasteiger partial charge in [-0.2, -0.15) is 0 Å². The molecule has 0 bridgehead atoms. The van der Waals surface area contributed by atoms with Crippen LogP contribution >= 0.6 is 34.5 Å². The number of rotatable bonds is 6. The van der Waals surface area contributed by atoms with Crippen molar-refractivity contribution in [2.45, 2.75) is 33.1 Å². The number of ether oxygens (including phenoxy) is 1. The Hall–Kier alpha value is -1.07. The Labute approximate surface area is 144 Å². The van der Waals surface area contributed by atoms with E-state index in [1.165, 1.54) is 11.3 Å². The van der Waals surface area contributed by atoms with Gasteiger partial charge in [0.25, 0.3) is 5.91 Å². The first-order valence-corrected chi connectivity index (χ1v) is 8.45. The Morgan fingerprint density at radius 3 is 2.64 bits per heavy atom. The van der Waals surface area contributed by atoms with Crippen LogP contribution in [0, 0.1) is 0 Å². The minimum atomic E-state index is -0.225. The summed E-state index contributed by atoms with van der Waals surface area (Å²) in [6, 6.07) is 9.52. The third-order valence-electron chi connectivity index (χ3n) is 2.93. The highest BCUT2D eigenvalue weighted by molar-refractivity contribution is 7.20. The van der Waals surface area contributed by atoms with Crippen LogP contribution in [-0.4, -0.2) is 12.0 Å². The molecule has 118 valence electrons. The maximum Gasteiger partial charge on any atom is 0.253 e. The first kappa shape index (κ1) is 17.3. The Morgan fingerprint density at radius 1 is 1.27 bits per heavy atom. The van der Waals surface area contributed by atoms with Crippen molar-refractivity contribution >= 4 is 40.4 Å². The van der Waals surface area contributed by atoms with Gasteiger partial charge in [0.15, 0.2) is 0 Å². The molecule has 3 nitrogen and oxygen atoms in total. The van der Waals surface area contributed by atoms with Crippen molar-refractivity contribution in [2.24, 2.45) is 0 Å². The summed E-state index contributed by atoms with van der Waals surface area (Å²) in [5.41, 5.74) is 2.50. The van der Waals surface area contributed by atoms with Crippen LogP contribution in [-0.2, 0) is 17.9 Å². The van der Waals surface area contributed by atoms with Crippen molar-refractivity contribution < 1.29 is 9.53 Å². The van der Waals surface area contributed by atoms with Crippen LogP contribution in [0.4, 0.5) is 0 Å². The maximum atomic E-state index is 12.1. The van der Waals surface area contributed by atoms with Gasteiger partial charge in [-0.3, -0.25) is 4.79 Å². The lowest BCUT2D eigenvalue weighted by Gasteiger charge is -2.09. The van der Waals surface area contributed by atoms with Gasteiger partial charge < -0.3 is 10.1 Å². The van der Waals surface area contributed by atoms with E-state index >= 15 is 0 Å². The molecule has 6 heteroatoms. The second-order valence-corrected chi connectivity index (χ2v) is 7.39. The average Bonchev–Trinajstić information content (AvgIpc) is 2.82. The lowest BCUT2D eigenvalue weighted by molar-refractivity contribution is 0.0657. The van der Waals surface area contributed by atoms with Gasteiger partial charge >= 0.3 is 0 Å². The van der Waals surface area contributed by atoms with Gasteiger partial charge in [0.05, 0.1) is 22.6 Å². The predicted octanol–water partition coefficient (Wildman–Crippen LogP) is 4.91. The van der Waals surface area contributed by atoms with Crippen molar-refractivity contribution in [3.8, 4) is 0 Å². The number of benzene rings is 1. The number of hydrogen-bond donors (Lipinski definition) is 1. The van der Waals surface area contributed by atoms with Gasteiger partial charge in [0.1, 0.15) is 4.34 Å². The average molecular weight is 358 g/mol. The van der Waals surface area contributed by atoms with Gasteiger partial charge in [-0.05, 0) is 31.0 Å². The minimum absolute atomic E-state index is 0.189. The van der Waals surface area contributed by atoms with Gasteiger partial charge in [0, 0.05) is 6.54 Å². The van der Waals surface area contributed by atoms with E-state index in [0.29, 0.717) is 27.4 Å². The molecule has 0 aliphatic carbocycles. The molecule has 0 radical (unpaired) electrons. The van der Waals surface area contributed by atoms with Crippen molar-refractivity contribution in [1.82, 2.24) is 5.32 Å². The van der Waals surface area contributed by atoms with Crippen LogP contribution in [0.5, 0.6) is 0 Å². The SMILES string of the molecule is CC(C)OCc1cccc(CNC(=O)c2cc(Cl)sc2Cl)c1. The number of carbonyl (C=O) groups excluding carboxylic acids is 1. The first-order chi connectivity index (χ1) is 10.5. The highest BCUT2D eigenvalue weighted by Gasteiger charge is 2.13. The topological polar surface area (TPSA) is 38.3 Å². The van der Waals surface area contributed by atoms with Crippen LogP contribution in [0.3, 0.4) is 0 Å². The molecule has 1 heterocycles. The fourth-order valence-corrected chi connectivity index (χ4v) is 3.32. The molecule has 0 aliphatic rings. The summed E-state index contributed by atoms with van der Waals surface area (Å²) in [5, 5.41) is 2.85.